The number of ether oxygens (including phenoxy) is 1. The van der Waals surface area contributed by atoms with Crippen LogP contribution >= 0.6 is 0 Å². The Morgan fingerprint density at radius 3 is 2.44 bits per heavy atom. The normalized spacial score (nSPS) is 31.4. The van der Waals surface area contributed by atoms with Crippen LogP contribution in [0.3, 0.4) is 0 Å². The van der Waals surface area contributed by atoms with Gasteiger partial charge in [-0.25, -0.2) is 0 Å². The SMILES string of the molecule is COc1ccc([C@H](CN2CCN(C)CC2)N[C@H]2C[C@H]3CC[C@H]2C3)cc1. The Bertz CT molecular complexity index is 553. The fraction of sp³-hybridized carbons (Fsp3) is 0.714. The zero-order chi connectivity index (χ0) is 17.2. The highest BCUT2D eigenvalue weighted by Gasteiger charge is 2.40. The standard InChI is InChI=1S/C21H33N3O/c1-23-9-11-24(12-10-23)15-21(17-5-7-19(25-2)8-6-17)22-20-14-16-3-4-18(20)13-16/h5-8,16,18,20-22H,3-4,9-15H2,1-2H3/t16-,18-,20-,21-/m0/s1. The molecule has 4 rings (SSSR count). The van der Waals surface area contributed by atoms with Gasteiger partial charge in [-0.05, 0) is 55.8 Å². The topological polar surface area (TPSA) is 27.7 Å². The van der Waals surface area contributed by atoms with E-state index in [9.17, 15) is 0 Å². The van der Waals surface area contributed by atoms with Gasteiger partial charge in [0.05, 0.1) is 7.11 Å². The summed E-state index contributed by atoms with van der Waals surface area (Å²) in [6.07, 6.45) is 5.75. The molecule has 1 aliphatic heterocycles. The van der Waals surface area contributed by atoms with Gasteiger partial charge in [0.25, 0.3) is 0 Å². The Balaban J connectivity index is 1.45. The molecule has 1 N–H and O–H groups in total. The lowest BCUT2D eigenvalue weighted by molar-refractivity contribution is 0.137. The van der Waals surface area contributed by atoms with E-state index in [1.165, 1.54) is 57.4 Å². The van der Waals surface area contributed by atoms with Crippen LogP contribution in [0.1, 0.15) is 37.3 Å². The van der Waals surface area contributed by atoms with Crippen LogP contribution in [-0.4, -0.2) is 62.7 Å². The molecule has 2 bridgehead atoms. The van der Waals surface area contributed by atoms with Gasteiger partial charge in [0.1, 0.15) is 5.75 Å². The smallest absolute Gasteiger partial charge is 0.118 e. The minimum absolute atomic E-state index is 0.429. The second-order valence-electron chi connectivity index (χ2n) is 8.38. The molecule has 138 valence electrons. The lowest BCUT2D eigenvalue weighted by Gasteiger charge is -2.37. The average Bonchev–Trinajstić information content (AvgIpc) is 3.26. The van der Waals surface area contributed by atoms with Crippen molar-refractivity contribution in [2.75, 3.05) is 46.9 Å². The van der Waals surface area contributed by atoms with Crippen LogP contribution in [0.2, 0.25) is 0 Å². The van der Waals surface area contributed by atoms with Crippen LogP contribution < -0.4 is 10.1 Å². The lowest BCUT2D eigenvalue weighted by atomic mass is 9.93. The number of hydrogen-bond donors (Lipinski definition) is 1. The van der Waals surface area contributed by atoms with E-state index in [0.717, 1.165) is 30.2 Å². The first-order valence-electron chi connectivity index (χ1n) is 10.0. The molecule has 0 spiro atoms. The zero-order valence-electron chi connectivity index (χ0n) is 15.8. The summed E-state index contributed by atoms with van der Waals surface area (Å²) < 4.78 is 5.35. The Labute approximate surface area is 152 Å². The highest BCUT2D eigenvalue weighted by atomic mass is 16.5. The maximum absolute atomic E-state index is 5.35. The summed E-state index contributed by atoms with van der Waals surface area (Å²) in [6, 6.07) is 9.86. The van der Waals surface area contributed by atoms with Crippen molar-refractivity contribution >= 4 is 0 Å². The zero-order valence-corrected chi connectivity index (χ0v) is 15.8. The van der Waals surface area contributed by atoms with Crippen molar-refractivity contribution in [1.29, 1.82) is 0 Å². The third kappa shape index (κ3) is 4.02. The molecule has 4 heteroatoms. The molecule has 1 heterocycles. The number of nitrogens with zero attached hydrogens (tertiary/aromatic N) is 2. The third-order valence-electron chi connectivity index (χ3n) is 6.71. The van der Waals surface area contributed by atoms with Gasteiger partial charge in [-0.2, -0.15) is 0 Å². The number of rotatable bonds is 6. The van der Waals surface area contributed by atoms with Crippen molar-refractivity contribution < 1.29 is 4.74 Å². The molecule has 3 aliphatic rings. The molecule has 0 aromatic heterocycles. The summed E-state index contributed by atoms with van der Waals surface area (Å²) in [5, 5.41) is 4.06. The van der Waals surface area contributed by atoms with E-state index in [1.54, 1.807) is 7.11 Å². The van der Waals surface area contributed by atoms with Crippen LogP contribution in [0.15, 0.2) is 24.3 Å². The maximum atomic E-state index is 5.35. The molecular weight excluding hydrogens is 310 g/mol. The first-order valence-corrected chi connectivity index (χ1v) is 10.0. The van der Waals surface area contributed by atoms with Crippen LogP contribution in [0.25, 0.3) is 0 Å². The lowest BCUT2D eigenvalue weighted by Crippen LogP contribution is -2.48. The van der Waals surface area contributed by atoms with Gasteiger partial charge in [-0.3, -0.25) is 4.90 Å². The van der Waals surface area contributed by atoms with Gasteiger partial charge in [-0.1, -0.05) is 18.6 Å². The van der Waals surface area contributed by atoms with Crippen molar-refractivity contribution in [2.45, 2.75) is 37.8 Å². The van der Waals surface area contributed by atoms with E-state index < -0.39 is 0 Å². The molecule has 25 heavy (non-hydrogen) atoms. The van der Waals surface area contributed by atoms with E-state index in [-0.39, 0.29) is 0 Å². The van der Waals surface area contributed by atoms with Gasteiger partial charge in [-0.15, -0.1) is 0 Å². The second kappa shape index (κ2) is 7.65. The van der Waals surface area contributed by atoms with E-state index >= 15 is 0 Å². The predicted molar refractivity (Wildman–Crippen MR) is 102 cm³/mol. The van der Waals surface area contributed by atoms with Crippen LogP contribution in [0.4, 0.5) is 0 Å². The van der Waals surface area contributed by atoms with Crippen molar-refractivity contribution in [2.24, 2.45) is 11.8 Å². The van der Waals surface area contributed by atoms with Gasteiger partial charge in [0, 0.05) is 44.8 Å². The Morgan fingerprint density at radius 2 is 1.84 bits per heavy atom. The van der Waals surface area contributed by atoms with Gasteiger partial charge in [0.15, 0.2) is 0 Å². The van der Waals surface area contributed by atoms with Crippen LogP contribution in [0.5, 0.6) is 5.75 Å². The number of fused-ring (bicyclic) bond motifs is 2. The van der Waals surface area contributed by atoms with Crippen molar-refractivity contribution in [3.63, 3.8) is 0 Å². The van der Waals surface area contributed by atoms with E-state index in [1.807, 2.05) is 0 Å². The Kier molecular flexibility index (Phi) is 5.30. The maximum Gasteiger partial charge on any atom is 0.118 e. The minimum atomic E-state index is 0.429. The summed E-state index contributed by atoms with van der Waals surface area (Å²) in [7, 11) is 3.97. The number of nitrogens with one attached hydrogen (secondary N) is 1. The van der Waals surface area contributed by atoms with Crippen molar-refractivity contribution in [3.05, 3.63) is 29.8 Å². The quantitative estimate of drug-likeness (QED) is 0.860. The second-order valence-corrected chi connectivity index (χ2v) is 8.38. The molecule has 2 saturated carbocycles. The summed E-state index contributed by atoms with van der Waals surface area (Å²) in [5.74, 6) is 2.85. The van der Waals surface area contributed by atoms with Gasteiger partial charge >= 0.3 is 0 Å². The fourth-order valence-electron chi connectivity index (χ4n) is 5.09. The summed E-state index contributed by atoms with van der Waals surface area (Å²) in [5.41, 5.74) is 1.41. The highest BCUT2D eigenvalue weighted by Crippen LogP contribution is 2.45. The highest BCUT2D eigenvalue weighted by molar-refractivity contribution is 5.29. The van der Waals surface area contributed by atoms with Crippen LogP contribution in [0, 0.1) is 11.8 Å². The molecule has 0 radical (unpaired) electrons. The molecule has 4 atom stereocenters. The number of hydrogen-bond acceptors (Lipinski definition) is 4. The third-order valence-corrected chi connectivity index (χ3v) is 6.71. The molecule has 0 amide bonds. The summed E-state index contributed by atoms with van der Waals surface area (Å²) >= 11 is 0. The summed E-state index contributed by atoms with van der Waals surface area (Å²) in [6.45, 7) is 5.85. The molecule has 1 aromatic rings. The molecule has 4 nitrogen and oxygen atoms in total. The van der Waals surface area contributed by atoms with E-state index in [0.29, 0.717) is 6.04 Å². The minimum Gasteiger partial charge on any atom is -0.497 e. The molecular formula is C21H33N3O. The van der Waals surface area contributed by atoms with E-state index in [4.69, 9.17) is 4.74 Å². The molecule has 2 aliphatic carbocycles. The van der Waals surface area contributed by atoms with Crippen LogP contribution in [-0.2, 0) is 0 Å². The van der Waals surface area contributed by atoms with Crippen molar-refractivity contribution in [1.82, 2.24) is 15.1 Å². The Hall–Kier alpha value is -1.10. The Morgan fingerprint density at radius 1 is 1.08 bits per heavy atom. The number of piperazine rings is 1. The first-order chi connectivity index (χ1) is 12.2. The number of benzene rings is 1. The van der Waals surface area contributed by atoms with Gasteiger partial charge in [0.2, 0.25) is 0 Å². The molecule has 1 saturated heterocycles. The largest absolute Gasteiger partial charge is 0.497 e. The predicted octanol–water partition coefficient (Wildman–Crippen LogP) is 2.76. The summed E-state index contributed by atoms with van der Waals surface area (Å²) in [4.78, 5) is 5.07. The van der Waals surface area contributed by atoms with Crippen molar-refractivity contribution in [3.8, 4) is 5.75 Å². The van der Waals surface area contributed by atoms with Gasteiger partial charge < -0.3 is 15.0 Å². The fourth-order valence-corrected chi connectivity index (χ4v) is 5.09. The molecule has 3 fully saturated rings. The monoisotopic (exact) mass is 343 g/mol. The van der Waals surface area contributed by atoms with E-state index in [2.05, 4.69) is 46.4 Å². The molecule has 1 aromatic carbocycles. The average molecular weight is 344 g/mol. The first kappa shape index (κ1) is 17.3. The molecule has 0 unspecified atom stereocenters. The number of methoxy groups -OCH3 is 1. The number of likely N-dealkylation sites (N-methyl/N-ethyl adjacent to an activating group) is 1.